The molecule has 0 radical (unpaired) electrons. The van der Waals surface area contributed by atoms with Gasteiger partial charge in [0.15, 0.2) is 0 Å². The van der Waals surface area contributed by atoms with Crippen molar-refractivity contribution in [3.8, 4) is 0 Å². The highest BCUT2D eigenvalue weighted by Crippen LogP contribution is 2.03. The number of hydrogen-bond acceptors (Lipinski definition) is 4. The lowest BCUT2D eigenvalue weighted by Crippen LogP contribution is -2.30. The highest BCUT2D eigenvalue weighted by atomic mass is 16.5. The maximum absolute atomic E-state index is 9.73. The van der Waals surface area contributed by atoms with Gasteiger partial charge < -0.3 is 15.2 Å². The van der Waals surface area contributed by atoms with Crippen molar-refractivity contribution in [2.24, 2.45) is 5.92 Å². The molecular weight excluding hydrogens is 240 g/mol. The Hall–Kier alpha value is -0.970. The van der Waals surface area contributed by atoms with Crippen LogP contribution >= 0.6 is 0 Å². The number of pyridine rings is 1. The maximum atomic E-state index is 9.73. The average molecular weight is 266 g/mol. The standard InChI is InChI=1S/C15H26N2O2/c1-13(2)5-4-8-19-12-15(18)11-17-10-14-6-3-7-16-9-14/h3,6-7,9,13,15,17-18H,4-5,8,10-12H2,1-2H3. The molecule has 0 aliphatic rings. The zero-order valence-electron chi connectivity index (χ0n) is 12.0. The van der Waals surface area contributed by atoms with Crippen LogP contribution in [0.4, 0.5) is 0 Å². The summed E-state index contributed by atoms with van der Waals surface area (Å²) in [7, 11) is 0. The summed E-state index contributed by atoms with van der Waals surface area (Å²) < 4.78 is 5.45. The molecule has 108 valence electrons. The SMILES string of the molecule is CC(C)CCCOCC(O)CNCc1cccnc1. The molecule has 0 aliphatic carbocycles. The molecule has 0 spiro atoms. The van der Waals surface area contributed by atoms with Gasteiger partial charge in [-0.15, -0.1) is 0 Å². The van der Waals surface area contributed by atoms with Crippen LogP contribution in [0.5, 0.6) is 0 Å². The van der Waals surface area contributed by atoms with Crippen molar-refractivity contribution >= 4 is 0 Å². The molecule has 4 nitrogen and oxygen atoms in total. The molecule has 0 bridgehead atoms. The van der Waals surface area contributed by atoms with Crippen LogP contribution in [-0.2, 0) is 11.3 Å². The number of nitrogens with one attached hydrogen (secondary N) is 1. The van der Waals surface area contributed by atoms with Gasteiger partial charge in [-0.25, -0.2) is 0 Å². The minimum atomic E-state index is -0.448. The van der Waals surface area contributed by atoms with Gasteiger partial charge in [-0.1, -0.05) is 19.9 Å². The molecule has 1 heterocycles. The van der Waals surface area contributed by atoms with Crippen molar-refractivity contribution in [2.45, 2.75) is 39.3 Å². The minimum Gasteiger partial charge on any atom is -0.389 e. The van der Waals surface area contributed by atoms with Crippen LogP contribution in [0.2, 0.25) is 0 Å². The Morgan fingerprint density at radius 1 is 1.42 bits per heavy atom. The van der Waals surface area contributed by atoms with Crippen LogP contribution in [0.15, 0.2) is 24.5 Å². The molecule has 19 heavy (non-hydrogen) atoms. The first-order valence-electron chi connectivity index (χ1n) is 7.04. The van der Waals surface area contributed by atoms with Gasteiger partial charge in [0, 0.05) is 32.1 Å². The number of hydrogen-bond donors (Lipinski definition) is 2. The minimum absolute atomic E-state index is 0.401. The Labute approximate surface area is 116 Å². The van der Waals surface area contributed by atoms with Crippen LogP contribution in [0.25, 0.3) is 0 Å². The highest BCUT2D eigenvalue weighted by Gasteiger charge is 2.04. The summed E-state index contributed by atoms with van der Waals surface area (Å²) in [5.41, 5.74) is 1.12. The first kappa shape index (κ1) is 16.1. The largest absolute Gasteiger partial charge is 0.389 e. The van der Waals surface area contributed by atoms with Crippen molar-refractivity contribution in [3.63, 3.8) is 0 Å². The number of nitrogens with zero attached hydrogens (tertiary/aromatic N) is 1. The number of aromatic nitrogens is 1. The fourth-order valence-corrected chi connectivity index (χ4v) is 1.76. The van der Waals surface area contributed by atoms with E-state index in [1.165, 1.54) is 6.42 Å². The van der Waals surface area contributed by atoms with E-state index < -0.39 is 6.10 Å². The summed E-state index contributed by atoms with van der Waals surface area (Å²) in [5, 5.41) is 12.9. The Morgan fingerprint density at radius 2 is 2.26 bits per heavy atom. The molecule has 1 atom stereocenters. The van der Waals surface area contributed by atoms with Crippen LogP contribution in [-0.4, -0.2) is 36.0 Å². The van der Waals surface area contributed by atoms with Crippen molar-refractivity contribution in [3.05, 3.63) is 30.1 Å². The van der Waals surface area contributed by atoms with E-state index in [9.17, 15) is 5.11 Å². The predicted molar refractivity (Wildman–Crippen MR) is 76.8 cm³/mol. The van der Waals surface area contributed by atoms with E-state index in [0.717, 1.165) is 31.1 Å². The van der Waals surface area contributed by atoms with E-state index in [1.807, 2.05) is 18.3 Å². The second-order valence-corrected chi connectivity index (χ2v) is 5.26. The fraction of sp³-hybridized carbons (Fsp3) is 0.667. The van der Waals surface area contributed by atoms with Crippen molar-refractivity contribution in [1.82, 2.24) is 10.3 Å². The van der Waals surface area contributed by atoms with Gasteiger partial charge in [-0.2, -0.15) is 0 Å². The third-order valence-electron chi connectivity index (χ3n) is 2.81. The monoisotopic (exact) mass is 266 g/mol. The second kappa shape index (κ2) is 9.89. The Kier molecular flexibility index (Phi) is 8.38. The summed E-state index contributed by atoms with van der Waals surface area (Å²) in [4.78, 5) is 4.04. The highest BCUT2D eigenvalue weighted by molar-refractivity contribution is 5.07. The lowest BCUT2D eigenvalue weighted by molar-refractivity contribution is 0.0346. The molecule has 0 fully saturated rings. The van der Waals surface area contributed by atoms with Gasteiger partial charge >= 0.3 is 0 Å². The topological polar surface area (TPSA) is 54.4 Å². The van der Waals surface area contributed by atoms with Crippen molar-refractivity contribution in [1.29, 1.82) is 0 Å². The van der Waals surface area contributed by atoms with E-state index in [-0.39, 0.29) is 0 Å². The first-order valence-corrected chi connectivity index (χ1v) is 7.04. The summed E-state index contributed by atoms with van der Waals surface area (Å²) in [6, 6.07) is 3.92. The third kappa shape index (κ3) is 8.70. The lowest BCUT2D eigenvalue weighted by atomic mass is 10.1. The zero-order chi connectivity index (χ0) is 13.9. The van der Waals surface area contributed by atoms with Crippen LogP contribution in [0.3, 0.4) is 0 Å². The van der Waals surface area contributed by atoms with Crippen LogP contribution in [0.1, 0.15) is 32.3 Å². The number of aliphatic hydroxyl groups is 1. The quantitative estimate of drug-likeness (QED) is 0.636. The number of aliphatic hydroxyl groups excluding tert-OH is 1. The van der Waals surface area contributed by atoms with Gasteiger partial charge in [0.1, 0.15) is 0 Å². The van der Waals surface area contributed by atoms with Crippen molar-refractivity contribution < 1.29 is 9.84 Å². The molecule has 0 amide bonds. The summed E-state index contributed by atoms with van der Waals surface area (Å²) in [6.07, 6.45) is 5.37. The number of rotatable bonds is 10. The molecule has 0 aromatic carbocycles. The molecule has 1 aromatic rings. The second-order valence-electron chi connectivity index (χ2n) is 5.26. The zero-order valence-corrected chi connectivity index (χ0v) is 12.0. The Morgan fingerprint density at radius 3 is 2.95 bits per heavy atom. The van der Waals surface area contributed by atoms with E-state index in [1.54, 1.807) is 6.20 Å². The van der Waals surface area contributed by atoms with Crippen LogP contribution in [0, 0.1) is 5.92 Å². The Bertz CT molecular complexity index is 317. The molecule has 1 unspecified atom stereocenters. The normalized spacial score (nSPS) is 12.8. The van der Waals surface area contributed by atoms with E-state index >= 15 is 0 Å². The van der Waals surface area contributed by atoms with E-state index in [4.69, 9.17) is 4.74 Å². The summed E-state index contributed by atoms with van der Waals surface area (Å²) in [5.74, 6) is 0.717. The van der Waals surface area contributed by atoms with Gasteiger partial charge in [0.25, 0.3) is 0 Å². The Balaban J connectivity index is 1.97. The molecular formula is C15H26N2O2. The predicted octanol–water partition coefficient (Wildman–Crippen LogP) is 1.98. The molecule has 1 aromatic heterocycles. The smallest absolute Gasteiger partial charge is 0.0897 e. The van der Waals surface area contributed by atoms with E-state index in [0.29, 0.717) is 13.2 Å². The van der Waals surface area contributed by atoms with Gasteiger partial charge in [0.2, 0.25) is 0 Å². The lowest BCUT2D eigenvalue weighted by Gasteiger charge is -2.12. The van der Waals surface area contributed by atoms with E-state index in [2.05, 4.69) is 24.1 Å². The van der Waals surface area contributed by atoms with Gasteiger partial charge in [-0.05, 0) is 30.4 Å². The van der Waals surface area contributed by atoms with Crippen LogP contribution < -0.4 is 5.32 Å². The summed E-state index contributed by atoms with van der Waals surface area (Å²) in [6.45, 7) is 6.81. The third-order valence-corrected chi connectivity index (χ3v) is 2.81. The maximum Gasteiger partial charge on any atom is 0.0897 e. The average Bonchev–Trinajstić information content (AvgIpc) is 2.39. The molecule has 0 aliphatic heterocycles. The van der Waals surface area contributed by atoms with Gasteiger partial charge in [0.05, 0.1) is 12.7 Å². The molecule has 0 saturated heterocycles. The molecule has 4 heteroatoms. The molecule has 0 saturated carbocycles. The first-order chi connectivity index (χ1) is 9.18. The summed E-state index contributed by atoms with van der Waals surface area (Å²) >= 11 is 0. The number of ether oxygens (including phenoxy) is 1. The molecule has 2 N–H and O–H groups in total. The van der Waals surface area contributed by atoms with Crippen molar-refractivity contribution in [2.75, 3.05) is 19.8 Å². The molecule has 1 rings (SSSR count). The fourth-order valence-electron chi connectivity index (χ4n) is 1.76. The van der Waals surface area contributed by atoms with Gasteiger partial charge in [-0.3, -0.25) is 4.98 Å².